The van der Waals surface area contributed by atoms with E-state index in [2.05, 4.69) is 10.3 Å². The molecule has 2 unspecified atom stereocenters. The second-order valence-corrected chi connectivity index (χ2v) is 5.40. The molecule has 1 fully saturated rings. The van der Waals surface area contributed by atoms with Crippen molar-refractivity contribution >= 4 is 22.7 Å². The van der Waals surface area contributed by atoms with Gasteiger partial charge < -0.3 is 10.2 Å². The van der Waals surface area contributed by atoms with Crippen LogP contribution in [-0.2, 0) is 4.79 Å². The number of hydrogen-bond donors (Lipinski definition) is 1. The van der Waals surface area contributed by atoms with Crippen LogP contribution < -0.4 is 5.32 Å². The van der Waals surface area contributed by atoms with Crippen molar-refractivity contribution in [3.05, 3.63) is 0 Å². The number of carbonyl (C=O) groups is 1. The Labute approximate surface area is 102 Å². The molecule has 0 aromatic rings. The first-order valence-corrected chi connectivity index (χ1v) is 6.57. The number of ketones is 1. The van der Waals surface area contributed by atoms with Gasteiger partial charge in [0.1, 0.15) is 5.78 Å². The fourth-order valence-corrected chi connectivity index (χ4v) is 2.79. The molecule has 16 heavy (non-hydrogen) atoms. The average Bonchev–Trinajstić information content (AvgIpc) is 2.56. The molecule has 1 aliphatic rings. The molecule has 1 rings (SSSR count). The lowest BCUT2D eigenvalue weighted by Crippen LogP contribution is -2.34. The van der Waals surface area contributed by atoms with E-state index in [0.29, 0.717) is 12.2 Å². The summed E-state index contributed by atoms with van der Waals surface area (Å²) in [6.45, 7) is 5.63. The van der Waals surface area contributed by atoms with E-state index in [4.69, 9.17) is 0 Å². The summed E-state index contributed by atoms with van der Waals surface area (Å²) in [5.41, 5.74) is 0. The number of amidine groups is 1. The molecule has 0 amide bonds. The van der Waals surface area contributed by atoms with E-state index >= 15 is 0 Å². The number of aliphatic imine (C=N–C) groups is 1. The molecule has 2 atom stereocenters. The van der Waals surface area contributed by atoms with Crippen molar-refractivity contribution in [2.24, 2.45) is 4.99 Å². The lowest BCUT2D eigenvalue weighted by molar-refractivity contribution is -0.119. The predicted molar refractivity (Wildman–Crippen MR) is 70.1 cm³/mol. The second-order valence-electron chi connectivity index (χ2n) is 4.27. The van der Waals surface area contributed by atoms with E-state index < -0.39 is 0 Å². The Morgan fingerprint density at radius 3 is 2.81 bits per heavy atom. The van der Waals surface area contributed by atoms with Gasteiger partial charge in [0.15, 0.2) is 5.17 Å². The molecule has 1 aliphatic heterocycles. The highest BCUT2D eigenvalue weighted by Gasteiger charge is 2.33. The fraction of sp³-hybridized carbons (Fsp3) is 0.818. The summed E-state index contributed by atoms with van der Waals surface area (Å²) in [5, 5.41) is 4.20. The van der Waals surface area contributed by atoms with Crippen molar-refractivity contribution < 1.29 is 4.79 Å². The van der Waals surface area contributed by atoms with Gasteiger partial charge in [-0.05, 0) is 27.9 Å². The monoisotopic (exact) mass is 243 g/mol. The topological polar surface area (TPSA) is 44.7 Å². The van der Waals surface area contributed by atoms with Crippen molar-refractivity contribution in [1.82, 2.24) is 10.2 Å². The molecule has 0 aromatic carbocycles. The van der Waals surface area contributed by atoms with Crippen molar-refractivity contribution in [3.8, 4) is 0 Å². The summed E-state index contributed by atoms with van der Waals surface area (Å²) < 4.78 is 0. The summed E-state index contributed by atoms with van der Waals surface area (Å²) in [4.78, 5) is 18.3. The Kier molecular flexibility index (Phi) is 5.28. The summed E-state index contributed by atoms with van der Waals surface area (Å²) in [7, 11) is 3.97. The van der Waals surface area contributed by atoms with Gasteiger partial charge in [0.2, 0.25) is 0 Å². The third-order valence-corrected chi connectivity index (χ3v) is 3.86. The Balaban J connectivity index is 2.48. The SMILES string of the molecule is CCN=C1NC(C)C(C(=O)CCN(C)C)S1. The third kappa shape index (κ3) is 3.79. The number of Topliss-reactive ketones (excluding diaryl/α,β-unsaturated/α-hetero) is 1. The fourth-order valence-electron chi connectivity index (χ4n) is 1.57. The molecule has 1 saturated heterocycles. The zero-order chi connectivity index (χ0) is 12.1. The first kappa shape index (κ1) is 13.5. The molecule has 0 bridgehead atoms. The van der Waals surface area contributed by atoms with Crippen molar-refractivity contribution in [1.29, 1.82) is 0 Å². The van der Waals surface area contributed by atoms with E-state index in [1.807, 2.05) is 32.8 Å². The Hall–Kier alpha value is -0.550. The van der Waals surface area contributed by atoms with E-state index in [0.717, 1.165) is 18.3 Å². The minimum Gasteiger partial charge on any atom is -0.361 e. The van der Waals surface area contributed by atoms with Gasteiger partial charge in [-0.2, -0.15) is 0 Å². The van der Waals surface area contributed by atoms with Crippen LogP contribution in [0.2, 0.25) is 0 Å². The molecule has 1 N–H and O–H groups in total. The van der Waals surface area contributed by atoms with Gasteiger partial charge in [-0.15, -0.1) is 0 Å². The van der Waals surface area contributed by atoms with Crippen LogP contribution >= 0.6 is 11.8 Å². The smallest absolute Gasteiger partial charge is 0.157 e. The van der Waals surface area contributed by atoms with Gasteiger partial charge in [-0.1, -0.05) is 11.8 Å². The molecule has 0 aromatic heterocycles. The maximum Gasteiger partial charge on any atom is 0.157 e. The summed E-state index contributed by atoms with van der Waals surface area (Å²) >= 11 is 1.57. The quantitative estimate of drug-likeness (QED) is 0.782. The molecule has 5 heteroatoms. The molecular weight excluding hydrogens is 222 g/mol. The van der Waals surface area contributed by atoms with E-state index in [1.54, 1.807) is 11.8 Å². The van der Waals surface area contributed by atoms with E-state index in [1.165, 1.54) is 0 Å². The van der Waals surface area contributed by atoms with Crippen molar-refractivity contribution in [2.75, 3.05) is 27.2 Å². The Morgan fingerprint density at radius 1 is 1.56 bits per heavy atom. The molecular formula is C11H21N3OS. The summed E-state index contributed by atoms with van der Waals surface area (Å²) in [6, 6.07) is 0.199. The van der Waals surface area contributed by atoms with E-state index in [9.17, 15) is 4.79 Å². The highest BCUT2D eigenvalue weighted by Crippen LogP contribution is 2.25. The van der Waals surface area contributed by atoms with Crippen LogP contribution in [0.3, 0.4) is 0 Å². The molecule has 4 nitrogen and oxygen atoms in total. The zero-order valence-electron chi connectivity index (χ0n) is 10.5. The van der Waals surface area contributed by atoms with Crippen LogP contribution in [0, 0.1) is 0 Å². The molecule has 0 radical (unpaired) electrons. The lowest BCUT2D eigenvalue weighted by Gasteiger charge is -2.14. The first-order chi connectivity index (χ1) is 7.54. The number of rotatable bonds is 5. The lowest BCUT2D eigenvalue weighted by atomic mass is 10.1. The largest absolute Gasteiger partial charge is 0.361 e. The van der Waals surface area contributed by atoms with Gasteiger partial charge in [-0.3, -0.25) is 9.79 Å². The Morgan fingerprint density at radius 2 is 2.25 bits per heavy atom. The molecule has 92 valence electrons. The highest BCUT2D eigenvalue weighted by molar-refractivity contribution is 8.15. The van der Waals surface area contributed by atoms with Crippen LogP contribution in [0.15, 0.2) is 4.99 Å². The van der Waals surface area contributed by atoms with Gasteiger partial charge in [0.25, 0.3) is 0 Å². The minimum absolute atomic E-state index is 0.0326. The van der Waals surface area contributed by atoms with Crippen LogP contribution in [0.25, 0.3) is 0 Å². The van der Waals surface area contributed by atoms with Crippen LogP contribution in [-0.4, -0.2) is 54.3 Å². The number of nitrogens with zero attached hydrogens (tertiary/aromatic N) is 2. The zero-order valence-corrected chi connectivity index (χ0v) is 11.3. The Bertz CT molecular complexity index is 278. The van der Waals surface area contributed by atoms with E-state index in [-0.39, 0.29) is 11.3 Å². The minimum atomic E-state index is 0.0326. The van der Waals surface area contributed by atoms with Crippen molar-refractivity contribution in [3.63, 3.8) is 0 Å². The summed E-state index contributed by atoms with van der Waals surface area (Å²) in [5.74, 6) is 0.319. The van der Waals surface area contributed by atoms with Gasteiger partial charge in [0.05, 0.1) is 5.25 Å². The number of hydrogen-bond acceptors (Lipinski definition) is 4. The van der Waals surface area contributed by atoms with Crippen LogP contribution in [0.5, 0.6) is 0 Å². The molecule has 1 heterocycles. The normalized spacial score (nSPS) is 27.4. The second kappa shape index (κ2) is 6.25. The molecule has 0 aliphatic carbocycles. The summed E-state index contributed by atoms with van der Waals surface area (Å²) in [6.07, 6.45) is 0.621. The number of nitrogens with one attached hydrogen (secondary N) is 1. The first-order valence-electron chi connectivity index (χ1n) is 5.69. The van der Waals surface area contributed by atoms with Gasteiger partial charge >= 0.3 is 0 Å². The molecule has 0 spiro atoms. The van der Waals surface area contributed by atoms with Crippen LogP contribution in [0.4, 0.5) is 0 Å². The maximum atomic E-state index is 12.0. The third-order valence-electron chi connectivity index (χ3n) is 2.47. The van der Waals surface area contributed by atoms with Gasteiger partial charge in [-0.25, -0.2) is 0 Å². The van der Waals surface area contributed by atoms with Gasteiger partial charge in [0, 0.05) is 25.6 Å². The average molecular weight is 243 g/mol. The van der Waals surface area contributed by atoms with Crippen molar-refractivity contribution in [2.45, 2.75) is 31.6 Å². The highest BCUT2D eigenvalue weighted by atomic mass is 32.2. The predicted octanol–water partition coefficient (Wildman–Crippen LogP) is 0.977. The number of thioether (sulfide) groups is 1. The molecule has 0 saturated carbocycles. The number of carbonyl (C=O) groups excluding carboxylic acids is 1. The standard InChI is InChI=1S/C11H21N3OS/c1-5-12-11-13-8(2)10(16-11)9(15)6-7-14(3)4/h8,10H,5-7H2,1-4H3,(H,12,13). The maximum absolute atomic E-state index is 12.0. The van der Waals surface area contributed by atoms with Crippen LogP contribution in [0.1, 0.15) is 20.3 Å².